The predicted octanol–water partition coefficient (Wildman–Crippen LogP) is 2.40. The quantitative estimate of drug-likeness (QED) is 0.856. The summed E-state index contributed by atoms with van der Waals surface area (Å²) in [4.78, 5) is 15.2. The Balaban J connectivity index is 2.07. The molecule has 0 saturated carbocycles. The molecule has 0 atom stereocenters. The predicted molar refractivity (Wildman–Crippen MR) is 59.1 cm³/mol. The first kappa shape index (κ1) is 11.6. The van der Waals surface area contributed by atoms with Gasteiger partial charge in [0, 0.05) is 6.20 Å². The molecule has 0 spiro atoms. The van der Waals surface area contributed by atoms with Crippen molar-refractivity contribution in [3.8, 4) is 0 Å². The van der Waals surface area contributed by atoms with Gasteiger partial charge in [0.05, 0.1) is 18.4 Å². The lowest BCUT2D eigenvalue weighted by Gasteiger charge is -2.04. The van der Waals surface area contributed by atoms with E-state index >= 15 is 0 Å². The van der Waals surface area contributed by atoms with Crippen LogP contribution in [0.15, 0.2) is 35.1 Å². The Labute approximate surface area is 101 Å². The van der Waals surface area contributed by atoms with Crippen molar-refractivity contribution in [3.05, 3.63) is 53.0 Å². The topological polar surface area (TPSA) is 55.1 Å². The van der Waals surface area contributed by atoms with Gasteiger partial charge in [-0.1, -0.05) is 11.6 Å². The fourth-order valence-electron chi connectivity index (χ4n) is 1.27. The number of nitrogens with zero attached hydrogens (tertiary/aromatic N) is 1. The third kappa shape index (κ3) is 2.62. The molecule has 0 aliphatic rings. The number of nitrogens with one attached hydrogen (secondary N) is 1. The molecule has 0 bridgehead atoms. The summed E-state index contributed by atoms with van der Waals surface area (Å²) < 4.78 is 18.5. The zero-order chi connectivity index (χ0) is 12.3. The highest BCUT2D eigenvalue weighted by atomic mass is 35.5. The molecule has 88 valence electrons. The number of hydrogen-bond donors (Lipinski definition) is 1. The first-order valence-electron chi connectivity index (χ1n) is 4.79. The number of hydrogen-bond acceptors (Lipinski definition) is 3. The van der Waals surface area contributed by atoms with Gasteiger partial charge < -0.3 is 9.73 Å². The van der Waals surface area contributed by atoms with Crippen LogP contribution in [0.2, 0.25) is 5.15 Å². The molecular weight excluding hydrogens is 247 g/mol. The summed E-state index contributed by atoms with van der Waals surface area (Å²) in [5.74, 6) is -0.812. The van der Waals surface area contributed by atoms with Gasteiger partial charge in [0.15, 0.2) is 11.0 Å². The first-order valence-corrected chi connectivity index (χ1v) is 5.17. The van der Waals surface area contributed by atoms with E-state index in [1.54, 1.807) is 12.1 Å². The molecule has 0 saturated heterocycles. The van der Waals surface area contributed by atoms with E-state index in [0.717, 1.165) is 0 Å². The molecule has 1 amide bonds. The summed E-state index contributed by atoms with van der Waals surface area (Å²) in [5, 5.41) is 2.19. The Morgan fingerprint density at radius 3 is 3.06 bits per heavy atom. The lowest BCUT2D eigenvalue weighted by molar-refractivity contribution is 0.0944. The van der Waals surface area contributed by atoms with E-state index in [1.807, 2.05) is 0 Å². The van der Waals surface area contributed by atoms with Crippen LogP contribution in [0.4, 0.5) is 4.39 Å². The molecule has 6 heteroatoms. The maximum Gasteiger partial charge on any atom is 0.254 e. The van der Waals surface area contributed by atoms with Gasteiger partial charge in [0.1, 0.15) is 5.76 Å². The summed E-state index contributed by atoms with van der Waals surface area (Å²) in [6, 6.07) is 4.67. The molecule has 17 heavy (non-hydrogen) atoms. The van der Waals surface area contributed by atoms with Crippen molar-refractivity contribution in [3.63, 3.8) is 0 Å². The van der Waals surface area contributed by atoms with Crippen LogP contribution in [0, 0.1) is 5.82 Å². The lowest BCUT2D eigenvalue weighted by atomic mass is 10.2. The number of halogens is 2. The van der Waals surface area contributed by atoms with E-state index in [1.165, 1.54) is 18.5 Å². The molecule has 2 aromatic heterocycles. The fraction of sp³-hybridized carbons (Fsp3) is 0.0909. The first-order chi connectivity index (χ1) is 8.18. The van der Waals surface area contributed by atoms with Gasteiger partial charge in [-0.2, -0.15) is 0 Å². The minimum Gasteiger partial charge on any atom is -0.467 e. The van der Waals surface area contributed by atoms with Gasteiger partial charge in [-0.3, -0.25) is 4.79 Å². The lowest BCUT2D eigenvalue weighted by Crippen LogP contribution is -2.23. The van der Waals surface area contributed by atoms with E-state index in [9.17, 15) is 9.18 Å². The third-order valence-electron chi connectivity index (χ3n) is 2.09. The molecule has 0 unspecified atom stereocenters. The van der Waals surface area contributed by atoms with Crippen molar-refractivity contribution in [1.29, 1.82) is 0 Å². The zero-order valence-electron chi connectivity index (χ0n) is 8.61. The SMILES string of the molecule is O=C(NCc1ccco1)c1ccnc(Cl)c1F. The molecule has 0 radical (unpaired) electrons. The Morgan fingerprint density at radius 1 is 1.53 bits per heavy atom. The summed E-state index contributed by atoms with van der Waals surface area (Å²) in [7, 11) is 0. The van der Waals surface area contributed by atoms with E-state index < -0.39 is 11.7 Å². The van der Waals surface area contributed by atoms with Crippen LogP contribution in [0.5, 0.6) is 0 Å². The largest absolute Gasteiger partial charge is 0.467 e. The smallest absolute Gasteiger partial charge is 0.254 e. The Kier molecular flexibility index (Phi) is 3.39. The highest BCUT2D eigenvalue weighted by Crippen LogP contribution is 2.14. The third-order valence-corrected chi connectivity index (χ3v) is 2.36. The van der Waals surface area contributed by atoms with Crippen molar-refractivity contribution in [2.45, 2.75) is 6.54 Å². The van der Waals surface area contributed by atoms with Crippen molar-refractivity contribution < 1.29 is 13.6 Å². The van der Waals surface area contributed by atoms with Crippen molar-refractivity contribution >= 4 is 17.5 Å². The second-order valence-electron chi connectivity index (χ2n) is 3.23. The monoisotopic (exact) mass is 254 g/mol. The van der Waals surface area contributed by atoms with Crippen LogP contribution >= 0.6 is 11.6 Å². The molecule has 0 aliphatic carbocycles. The number of furan rings is 1. The molecular formula is C11H8ClFN2O2. The molecule has 2 heterocycles. The van der Waals surface area contributed by atoms with Gasteiger partial charge in [-0.25, -0.2) is 9.37 Å². The standard InChI is InChI=1S/C11H8ClFN2O2/c12-10-9(13)8(3-4-14-10)11(16)15-6-7-2-1-5-17-7/h1-5H,6H2,(H,15,16). The molecule has 4 nitrogen and oxygen atoms in total. The number of pyridine rings is 1. The van der Waals surface area contributed by atoms with E-state index in [2.05, 4.69) is 10.3 Å². The van der Waals surface area contributed by atoms with Crippen molar-refractivity contribution in [2.24, 2.45) is 0 Å². The minimum absolute atomic E-state index is 0.142. The number of aromatic nitrogens is 1. The highest BCUT2D eigenvalue weighted by Gasteiger charge is 2.14. The van der Waals surface area contributed by atoms with Crippen LogP contribution in [0.25, 0.3) is 0 Å². The van der Waals surface area contributed by atoms with Gasteiger partial charge in [0.2, 0.25) is 0 Å². The number of rotatable bonds is 3. The normalized spacial score (nSPS) is 10.2. The van der Waals surface area contributed by atoms with Gasteiger partial charge in [0.25, 0.3) is 5.91 Å². The molecule has 0 aromatic carbocycles. The average molecular weight is 255 g/mol. The molecule has 2 rings (SSSR count). The summed E-state index contributed by atoms with van der Waals surface area (Å²) >= 11 is 5.47. The van der Waals surface area contributed by atoms with Crippen LogP contribution < -0.4 is 5.32 Å². The Bertz CT molecular complexity index is 528. The summed E-state index contributed by atoms with van der Waals surface area (Å²) in [6.07, 6.45) is 2.76. The second kappa shape index (κ2) is 4.97. The molecule has 0 aliphatic heterocycles. The average Bonchev–Trinajstić information content (AvgIpc) is 2.82. The van der Waals surface area contributed by atoms with E-state index in [-0.39, 0.29) is 17.3 Å². The van der Waals surface area contributed by atoms with Crippen LogP contribution in [-0.2, 0) is 6.54 Å². The van der Waals surface area contributed by atoms with Gasteiger partial charge in [-0.15, -0.1) is 0 Å². The van der Waals surface area contributed by atoms with Gasteiger partial charge in [-0.05, 0) is 18.2 Å². The van der Waals surface area contributed by atoms with Gasteiger partial charge >= 0.3 is 0 Å². The number of carbonyl (C=O) groups excluding carboxylic acids is 1. The fourth-order valence-corrected chi connectivity index (χ4v) is 1.43. The van der Waals surface area contributed by atoms with Crippen molar-refractivity contribution in [2.75, 3.05) is 0 Å². The maximum absolute atomic E-state index is 13.4. The molecule has 1 N–H and O–H groups in total. The molecule has 0 fully saturated rings. The van der Waals surface area contributed by atoms with Crippen LogP contribution in [0.1, 0.15) is 16.1 Å². The molecule has 2 aromatic rings. The van der Waals surface area contributed by atoms with E-state index in [4.69, 9.17) is 16.0 Å². The van der Waals surface area contributed by atoms with Crippen LogP contribution in [0.3, 0.4) is 0 Å². The highest BCUT2D eigenvalue weighted by molar-refractivity contribution is 6.29. The summed E-state index contributed by atoms with van der Waals surface area (Å²) in [5.41, 5.74) is -0.142. The van der Waals surface area contributed by atoms with E-state index in [0.29, 0.717) is 5.76 Å². The van der Waals surface area contributed by atoms with Crippen LogP contribution in [-0.4, -0.2) is 10.9 Å². The second-order valence-corrected chi connectivity index (χ2v) is 3.58. The number of amides is 1. The Hall–Kier alpha value is -1.88. The Morgan fingerprint density at radius 2 is 2.35 bits per heavy atom. The van der Waals surface area contributed by atoms with Crippen molar-refractivity contribution in [1.82, 2.24) is 10.3 Å². The summed E-state index contributed by atoms with van der Waals surface area (Å²) in [6.45, 7) is 0.186. The minimum atomic E-state index is -0.828. The maximum atomic E-state index is 13.4. The zero-order valence-corrected chi connectivity index (χ0v) is 9.37. The number of carbonyl (C=O) groups is 1.